The minimum atomic E-state index is -0.611. The smallest absolute Gasteiger partial charge is 0.255 e. The Kier molecular flexibility index (Phi) is 2.51. The zero-order chi connectivity index (χ0) is 13.6. The molecular formula is C13H12N2O4. The van der Waals surface area contributed by atoms with Gasteiger partial charge in [-0.05, 0) is 24.1 Å². The molecule has 1 aromatic carbocycles. The Hall–Kier alpha value is -2.37. The highest BCUT2D eigenvalue weighted by atomic mass is 16.3. The molecule has 2 aliphatic rings. The van der Waals surface area contributed by atoms with Crippen LogP contribution in [0.5, 0.6) is 5.75 Å². The van der Waals surface area contributed by atoms with Crippen molar-refractivity contribution >= 4 is 17.7 Å². The number of phenols is 1. The second-order valence-corrected chi connectivity index (χ2v) is 4.74. The van der Waals surface area contributed by atoms with Gasteiger partial charge in [0, 0.05) is 18.5 Å². The molecule has 1 atom stereocenters. The minimum Gasteiger partial charge on any atom is -0.508 e. The number of benzene rings is 1. The van der Waals surface area contributed by atoms with Gasteiger partial charge in [-0.15, -0.1) is 0 Å². The van der Waals surface area contributed by atoms with Crippen LogP contribution in [0.1, 0.15) is 28.8 Å². The number of carbonyl (C=O) groups is 3. The molecule has 1 fully saturated rings. The predicted octanol–water partition coefficient (Wildman–Crippen LogP) is 0.153. The quantitative estimate of drug-likeness (QED) is 0.704. The first kappa shape index (κ1) is 11.7. The van der Waals surface area contributed by atoms with Gasteiger partial charge in [0.1, 0.15) is 11.8 Å². The number of phenolic OH excluding ortho intramolecular Hbond substituents is 1. The molecule has 3 rings (SSSR count). The number of piperidine rings is 1. The van der Waals surface area contributed by atoms with Gasteiger partial charge >= 0.3 is 0 Å². The summed E-state index contributed by atoms with van der Waals surface area (Å²) in [7, 11) is 0. The van der Waals surface area contributed by atoms with Crippen LogP contribution in [0.15, 0.2) is 18.2 Å². The number of carbonyl (C=O) groups excluding carboxylic acids is 3. The molecular weight excluding hydrogens is 248 g/mol. The minimum absolute atomic E-state index is 0.0252. The third kappa shape index (κ3) is 1.85. The van der Waals surface area contributed by atoms with Crippen molar-refractivity contribution in [1.29, 1.82) is 0 Å². The maximum atomic E-state index is 12.2. The Balaban J connectivity index is 1.88. The fraction of sp³-hybridized carbons (Fsp3) is 0.308. The number of aromatic hydroxyl groups is 1. The number of imide groups is 1. The molecule has 0 radical (unpaired) electrons. The standard InChI is InChI=1S/C13H12N2O4/c16-8-2-1-7-6-15(13(19)9(7)5-8)10-3-4-11(17)14-12(10)18/h1-2,5,10,16H,3-4,6H2,(H,14,17,18)/t10-/m0/s1. The maximum absolute atomic E-state index is 12.2. The SMILES string of the molecule is O=C1CC[C@H](N2Cc3ccc(O)cc3C2=O)C(=O)N1. The second-order valence-electron chi connectivity index (χ2n) is 4.74. The lowest BCUT2D eigenvalue weighted by Gasteiger charge is -2.29. The average molecular weight is 260 g/mol. The van der Waals surface area contributed by atoms with Crippen LogP contribution in [-0.2, 0) is 16.1 Å². The molecule has 0 aliphatic carbocycles. The van der Waals surface area contributed by atoms with Crippen LogP contribution < -0.4 is 5.32 Å². The van der Waals surface area contributed by atoms with Crippen LogP contribution in [-0.4, -0.2) is 33.8 Å². The van der Waals surface area contributed by atoms with E-state index in [9.17, 15) is 19.5 Å². The van der Waals surface area contributed by atoms with E-state index in [0.717, 1.165) is 5.56 Å². The topological polar surface area (TPSA) is 86.7 Å². The number of fused-ring (bicyclic) bond motifs is 1. The molecule has 0 bridgehead atoms. The van der Waals surface area contributed by atoms with Crippen molar-refractivity contribution in [2.45, 2.75) is 25.4 Å². The summed E-state index contributed by atoms with van der Waals surface area (Å²) in [6.07, 6.45) is 0.582. The highest BCUT2D eigenvalue weighted by Crippen LogP contribution is 2.29. The fourth-order valence-corrected chi connectivity index (χ4v) is 2.54. The van der Waals surface area contributed by atoms with E-state index in [0.29, 0.717) is 18.5 Å². The van der Waals surface area contributed by atoms with Gasteiger partial charge in [-0.1, -0.05) is 6.07 Å². The number of hydrogen-bond donors (Lipinski definition) is 2. The van der Waals surface area contributed by atoms with Crippen LogP contribution in [0, 0.1) is 0 Å². The van der Waals surface area contributed by atoms with Crippen molar-refractivity contribution in [2.24, 2.45) is 0 Å². The first-order chi connectivity index (χ1) is 9.06. The van der Waals surface area contributed by atoms with Crippen LogP contribution in [0.2, 0.25) is 0 Å². The summed E-state index contributed by atoms with van der Waals surface area (Å²) < 4.78 is 0. The molecule has 1 saturated heterocycles. The van der Waals surface area contributed by atoms with Gasteiger partial charge in [-0.25, -0.2) is 0 Å². The second kappa shape index (κ2) is 4.08. The maximum Gasteiger partial charge on any atom is 0.255 e. The van der Waals surface area contributed by atoms with Gasteiger partial charge in [-0.3, -0.25) is 19.7 Å². The summed E-state index contributed by atoms with van der Waals surface area (Å²) in [4.78, 5) is 36.6. The number of nitrogens with zero attached hydrogens (tertiary/aromatic N) is 1. The van der Waals surface area contributed by atoms with E-state index < -0.39 is 11.9 Å². The molecule has 0 aromatic heterocycles. The molecule has 19 heavy (non-hydrogen) atoms. The molecule has 1 aromatic rings. The largest absolute Gasteiger partial charge is 0.508 e. The van der Waals surface area contributed by atoms with Crippen molar-refractivity contribution in [3.05, 3.63) is 29.3 Å². The molecule has 2 aliphatic heterocycles. The van der Waals surface area contributed by atoms with Gasteiger partial charge in [0.15, 0.2) is 0 Å². The molecule has 98 valence electrons. The lowest BCUT2D eigenvalue weighted by Crippen LogP contribution is -2.52. The Morgan fingerprint density at radius 2 is 2.05 bits per heavy atom. The Labute approximate surface area is 109 Å². The highest BCUT2D eigenvalue weighted by Gasteiger charge is 2.39. The van der Waals surface area contributed by atoms with Crippen molar-refractivity contribution in [1.82, 2.24) is 10.2 Å². The van der Waals surface area contributed by atoms with Crippen LogP contribution in [0.4, 0.5) is 0 Å². The zero-order valence-corrected chi connectivity index (χ0v) is 10.0. The van der Waals surface area contributed by atoms with Gasteiger partial charge in [0.25, 0.3) is 5.91 Å². The summed E-state index contributed by atoms with van der Waals surface area (Å²) in [5.41, 5.74) is 1.21. The number of rotatable bonds is 1. The van der Waals surface area contributed by atoms with Crippen molar-refractivity contribution in [2.75, 3.05) is 0 Å². The third-order valence-corrected chi connectivity index (χ3v) is 3.51. The van der Waals surface area contributed by atoms with Crippen LogP contribution in [0.25, 0.3) is 0 Å². The summed E-state index contributed by atoms with van der Waals surface area (Å²) in [6.45, 7) is 0.334. The lowest BCUT2D eigenvalue weighted by atomic mass is 10.0. The highest BCUT2D eigenvalue weighted by molar-refractivity contribution is 6.05. The Morgan fingerprint density at radius 1 is 1.26 bits per heavy atom. The first-order valence-electron chi connectivity index (χ1n) is 6.03. The predicted molar refractivity (Wildman–Crippen MR) is 64.2 cm³/mol. The summed E-state index contributed by atoms with van der Waals surface area (Å²) in [5.74, 6) is -0.984. The van der Waals surface area contributed by atoms with E-state index in [-0.39, 0.29) is 24.0 Å². The molecule has 0 spiro atoms. The van der Waals surface area contributed by atoms with E-state index in [1.807, 2.05) is 0 Å². The monoisotopic (exact) mass is 260 g/mol. The molecule has 0 saturated carbocycles. The van der Waals surface area contributed by atoms with E-state index in [1.165, 1.54) is 17.0 Å². The number of amides is 3. The van der Waals surface area contributed by atoms with Crippen molar-refractivity contribution in [3.8, 4) is 5.75 Å². The molecule has 3 amide bonds. The number of hydrogen-bond acceptors (Lipinski definition) is 4. The van der Waals surface area contributed by atoms with Gasteiger partial charge in [0.05, 0.1) is 0 Å². The van der Waals surface area contributed by atoms with Crippen LogP contribution in [0.3, 0.4) is 0 Å². The average Bonchev–Trinajstić information content (AvgIpc) is 2.67. The molecule has 2 heterocycles. The van der Waals surface area contributed by atoms with E-state index in [1.54, 1.807) is 6.07 Å². The van der Waals surface area contributed by atoms with Gasteiger partial charge in [0.2, 0.25) is 11.8 Å². The lowest BCUT2D eigenvalue weighted by molar-refractivity contribution is -0.136. The van der Waals surface area contributed by atoms with Crippen molar-refractivity contribution < 1.29 is 19.5 Å². The third-order valence-electron chi connectivity index (χ3n) is 3.51. The van der Waals surface area contributed by atoms with Gasteiger partial charge in [-0.2, -0.15) is 0 Å². The Bertz CT molecular complexity index is 596. The van der Waals surface area contributed by atoms with Gasteiger partial charge < -0.3 is 10.0 Å². The van der Waals surface area contributed by atoms with E-state index in [2.05, 4.69) is 5.32 Å². The van der Waals surface area contributed by atoms with Crippen LogP contribution >= 0.6 is 0 Å². The zero-order valence-electron chi connectivity index (χ0n) is 10.0. The Morgan fingerprint density at radius 3 is 2.79 bits per heavy atom. The van der Waals surface area contributed by atoms with E-state index in [4.69, 9.17) is 0 Å². The summed E-state index contributed by atoms with van der Waals surface area (Å²) >= 11 is 0. The summed E-state index contributed by atoms with van der Waals surface area (Å²) in [6, 6.07) is 3.98. The summed E-state index contributed by atoms with van der Waals surface area (Å²) in [5, 5.41) is 11.6. The number of nitrogens with one attached hydrogen (secondary N) is 1. The molecule has 6 heteroatoms. The molecule has 6 nitrogen and oxygen atoms in total. The normalized spacial score (nSPS) is 22.4. The van der Waals surface area contributed by atoms with Crippen molar-refractivity contribution in [3.63, 3.8) is 0 Å². The van der Waals surface area contributed by atoms with E-state index >= 15 is 0 Å². The molecule has 2 N–H and O–H groups in total. The fourth-order valence-electron chi connectivity index (χ4n) is 2.54. The first-order valence-corrected chi connectivity index (χ1v) is 6.03. The molecule has 0 unspecified atom stereocenters.